The molecule has 1 fully saturated rings. The second-order valence-corrected chi connectivity index (χ2v) is 5.60. The van der Waals surface area contributed by atoms with Crippen molar-refractivity contribution in [3.63, 3.8) is 0 Å². The molecule has 0 amide bonds. The molecule has 98 valence electrons. The van der Waals surface area contributed by atoms with Crippen LogP contribution >= 0.6 is 0 Å². The van der Waals surface area contributed by atoms with Gasteiger partial charge in [0.05, 0.1) is 5.41 Å². The van der Waals surface area contributed by atoms with Crippen molar-refractivity contribution in [2.75, 3.05) is 6.54 Å². The quantitative estimate of drug-likeness (QED) is 0.811. The number of hydrogen-bond donors (Lipinski definition) is 2. The minimum absolute atomic E-state index is 0.215. The van der Waals surface area contributed by atoms with Crippen molar-refractivity contribution in [3.8, 4) is 0 Å². The van der Waals surface area contributed by atoms with E-state index in [2.05, 4.69) is 0 Å². The SMILES string of the molecule is Cc1ccc(CC(CN)(CC2CC2)C(=O)O)cc1. The maximum atomic E-state index is 11.6. The Balaban J connectivity index is 2.17. The molecule has 3 nitrogen and oxygen atoms in total. The summed E-state index contributed by atoms with van der Waals surface area (Å²) in [7, 11) is 0. The number of carboxylic acids is 1. The van der Waals surface area contributed by atoms with Gasteiger partial charge in [-0.3, -0.25) is 4.79 Å². The molecule has 0 bridgehead atoms. The molecular weight excluding hydrogens is 226 g/mol. The highest BCUT2D eigenvalue weighted by Gasteiger charge is 2.42. The van der Waals surface area contributed by atoms with E-state index in [-0.39, 0.29) is 6.54 Å². The maximum absolute atomic E-state index is 11.6. The van der Waals surface area contributed by atoms with E-state index in [1.165, 1.54) is 5.56 Å². The Labute approximate surface area is 108 Å². The largest absolute Gasteiger partial charge is 0.481 e. The molecule has 0 radical (unpaired) electrons. The number of nitrogens with two attached hydrogens (primary N) is 1. The lowest BCUT2D eigenvalue weighted by Crippen LogP contribution is -2.41. The molecule has 0 aromatic heterocycles. The van der Waals surface area contributed by atoms with Gasteiger partial charge in [-0.05, 0) is 31.2 Å². The lowest BCUT2D eigenvalue weighted by Gasteiger charge is -2.28. The molecule has 0 saturated heterocycles. The van der Waals surface area contributed by atoms with Crippen molar-refractivity contribution >= 4 is 5.97 Å². The summed E-state index contributed by atoms with van der Waals surface area (Å²) in [6.07, 6.45) is 3.56. The molecule has 0 heterocycles. The number of carboxylic acid groups (broad SMARTS) is 1. The number of benzene rings is 1. The molecule has 1 aliphatic carbocycles. The zero-order valence-electron chi connectivity index (χ0n) is 10.9. The summed E-state index contributed by atoms with van der Waals surface area (Å²) in [5, 5.41) is 9.54. The molecule has 3 N–H and O–H groups in total. The molecule has 2 rings (SSSR count). The molecular formula is C15H21NO2. The Morgan fingerprint density at radius 3 is 2.44 bits per heavy atom. The number of aliphatic carboxylic acids is 1. The first-order chi connectivity index (χ1) is 8.55. The Kier molecular flexibility index (Phi) is 3.71. The third kappa shape index (κ3) is 2.91. The molecule has 1 saturated carbocycles. The summed E-state index contributed by atoms with van der Waals surface area (Å²) in [5.74, 6) is -0.187. The normalized spacial score (nSPS) is 18.3. The first-order valence-corrected chi connectivity index (χ1v) is 6.55. The summed E-state index contributed by atoms with van der Waals surface area (Å²) < 4.78 is 0. The van der Waals surface area contributed by atoms with Crippen molar-refractivity contribution in [1.29, 1.82) is 0 Å². The Morgan fingerprint density at radius 1 is 1.39 bits per heavy atom. The fourth-order valence-corrected chi connectivity index (χ4v) is 2.45. The van der Waals surface area contributed by atoms with Gasteiger partial charge in [-0.15, -0.1) is 0 Å². The van der Waals surface area contributed by atoms with Gasteiger partial charge in [0.25, 0.3) is 0 Å². The number of aryl methyl sites for hydroxylation is 1. The second kappa shape index (κ2) is 5.11. The van der Waals surface area contributed by atoms with E-state index < -0.39 is 11.4 Å². The van der Waals surface area contributed by atoms with E-state index in [1.807, 2.05) is 31.2 Å². The third-order valence-electron chi connectivity index (χ3n) is 3.88. The van der Waals surface area contributed by atoms with Crippen molar-refractivity contribution < 1.29 is 9.90 Å². The van der Waals surface area contributed by atoms with Crippen LogP contribution < -0.4 is 5.73 Å². The second-order valence-electron chi connectivity index (χ2n) is 5.60. The lowest BCUT2D eigenvalue weighted by atomic mass is 9.77. The van der Waals surface area contributed by atoms with Crippen LogP contribution in [0.15, 0.2) is 24.3 Å². The molecule has 1 aromatic rings. The van der Waals surface area contributed by atoms with Gasteiger partial charge in [0.2, 0.25) is 0 Å². The fourth-order valence-electron chi connectivity index (χ4n) is 2.45. The van der Waals surface area contributed by atoms with Crippen LogP contribution in [0.4, 0.5) is 0 Å². The highest BCUT2D eigenvalue weighted by atomic mass is 16.4. The topological polar surface area (TPSA) is 63.3 Å². The molecule has 1 aliphatic rings. The minimum Gasteiger partial charge on any atom is -0.481 e. The summed E-state index contributed by atoms with van der Waals surface area (Å²) in [5.41, 5.74) is 7.25. The van der Waals surface area contributed by atoms with E-state index in [9.17, 15) is 9.90 Å². The van der Waals surface area contributed by atoms with Gasteiger partial charge in [0, 0.05) is 6.54 Å². The Bertz CT molecular complexity index is 423. The monoisotopic (exact) mass is 247 g/mol. The minimum atomic E-state index is -0.781. The van der Waals surface area contributed by atoms with E-state index in [4.69, 9.17) is 5.73 Å². The van der Waals surface area contributed by atoms with E-state index >= 15 is 0 Å². The van der Waals surface area contributed by atoms with E-state index in [1.54, 1.807) is 0 Å². The van der Waals surface area contributed by atoms with Crippen LogP contribution in [-0.2, 0) is 11.2 Å². The van der Waals surface area contributed by atoms with Gasteiger partial charge in [-0.1, -0.05) is 42.7 Å². The first-order valence-electron chi connectivity index (χ1n) is 6.55. The molecule has 3 heteroatoms. The molecule has 0 spiro atoms. The smallest absolute Gasteiger partial charge is 0.311 e. The summed E-state index contributed by atoms with van der Waals surface area (Å²) in [6, 6.07) is 8.07. The zero-order chi connectivity index (χ0) is 13.2. The number of rotatable bonds is 6. The van der Waals surface area contributed by atoms with Crippen molar-refractivity contribution in [2.45, 2.75) is 32.6 Å². The molecule has 1 unspecified atom stereocenters. The van der Waals surface area contributed by atoms with Crippen molar-refractivity contribution in [2.24, 2.45) is 17.1 Å². The summed E-state index contributed by atoms with van der Waals surface area (Å²) >= 11 is 0. The van der Waals surface area contributed by atoms with Crippen molar-refractivity contribution in [3.05, 3.63) is 35.4 Å². The number of hydrogen-bond acceptors (Lipinski definition) is 2. The van der Waals surface area contributed by atoms with Crippen LogP contribution in [-0.4, -0.2) is 17.6 Å². The van der Waals surface area contributed by atoms with Crippen LogP contribution in [0.25, 0.3) is 0 Å². The Hall–Kier alpha value is -1.35. The lowest BCUT2D eigenvalue weighted by molar-refractivity contribution is -0.149. The van der Waals surface area contributed by atoms with Crippen LogP contribution in [0.1, 0.15) is 30.4 Å². The van der Waals surface area contributed by atoms with Gasteiger partial charge in [-0.2, -0.15) is 0 Å². The maximum Gasteiger partial charge on any atom is 0.311 e. The molecule has 1 atom stereocenters. The molecule has 18 heavy (non-hydrogen) atoms. The fraction of sp³-hybridized carbons (Fsp3) is 0.533. The van der Waals surface area contributed by atoms with Crippen LogP contribution in [0.3, 0.4) is 0 Å². The van der Waals surface area contributed by atoms with Gasteiger partial charge >= 0.3 is 5.97 Å². The van der Waals surface area contributed by atoms with Gasteiger partial charge < -0.3 is 10.8 Å². The predicted molar refractivity (Wildman–Crippen MR) is 71.3 cm³/mol. The molecule has 0 aliphatic heterocycles. The summed E-state index contributed by atoms with van der Waals surface area (Å²) in [6.45, 7) is 2.24. The first kappa shape index (κ1) is 13.1. The van der Waals surface area contributed by atoms with E-state index in [0.29, 0.717) is 18.8 Å². The highest BCUT2D eigenvalue weighted by Crippen LogP contribution is 2.41. The average Bonchev–Trinajstić information content (AvgIpc) is 3.14. The van der Waals surface area contributed by atoms with Crippen LogP contribution in [0.5, 0.6) is 0 Å². The van der Waals surface area contributed by atoms with Gasteiger partial charge in [0.15, 0.2) is 0 Å². The van der Waals surface area contributed by atoms with Crippen molar-refractivity contribution in [1.82, 2.24) is 0 Å². The van der Waals surface area contributed by atoms with E-state index in [0.717, 1.165) is 18.4 Å². The highest BCUT2D eigenvalue weighted by molar-refractivity contribution is 5.75. The Morgan fingerprint density at radius 2 is 2.00 bits per heavy atom. The van der Waals surface area contributed by atoms with Gasteiger partial charge in [0.1, 0.15) is 0 Å². The predicted octanol–water partition coefficient (Wildman–Crippen LogP) is 2.37. The molecule has 1 aromatic carbocycles. The average molecular weight is 247 g/mol. The third-order valence-corrected chi connectivity index (χ3v) is 3.88. The van der Waals surface area contributed by atoms with Crippen LogP contribution in [0, 0.1) is 18.3 Å². The standard InChI is InChI=1S/C15H21NO2/c1-11-2-4-12(5-3-11)8-15(10-16,14(17)18)9-13-6-7-13/h2-5,13H,6-10,16H2,1H3,(H,17,18). The summed E-state index contributed by atoms with van der Waals surface area (Å²) in [4.78, 5) is 11.6. The van der Waals surface area contributed by atoms with Crippen LogP contribution in [0.2, 0.25) is 0 Å². The number of carbonyl (C=O) groups is 1. The van der Waals surface area contributed by atoms with Gasteiger partial charge in [-0.25, -0.2) is 0 Å². The zero-order valence-corrected chi connectivity index (χ0v) is 10.9.